The minimum absolute atomic E-state index is 0.0861. The third kappa shape index (κ3) is 4.61. The zero-order chi connectivity index (χ0) is 22.3. The molecule has 0 spiro atoms. The highest BCUT2D eigenvalue weighted by Gasteiger charge is 2.46. The molecule has 0 unspecified atom stereocenters. The third-order valence-corrected chi connectivity index (χ3v) is 6.14. The van der Waals surface area contributed by atoms with E-state index >= 15 is 0 Å². The number of amides is 1. The van der Waals surface area contributed by atoms with E-state index in [1.807, 2.05) is 18.2 Å². The molecular formula is C21H23F3N2O3S. The maximum Gasteiger partial charge on any atom is 0.516 e. The Kier molecular flexibility index (Phi) is 5.62. The molecule has 9 heteroatoms. The van der Waals surface area contributed by atoms with Gasteiger partial charge in [-0.15, -0.1) is 0 Å². The Balaban J connectivity index is 1.74. The highest BCUT2D eigenvalue weighted by Crippen LogP contribution is 2.29. The first-order chi connectivity index (χ1) is 13.8. The number of alkyl halides is 3. The van der Waals surface area contributed by atoms with Crippen LogP contribution >= 0.6 is 0 Å². The number of nitrogens with zero attached hydrogens (tertiary/aromatic N) is 1. The molecule has 0 bridgehead atoms. The van der Waals surface area contributed by atoms with Crippen LogP contribution in [0.4, 0.5) is 18.9 Å². The van der Waals surface area contributed by atoms with Crippen molar-refractivity contribution in [2.24, 2.45) is 0 Å². The van der Waals surface area contributed by atoms with Crippen molar-refractivity contribution in [3.8, 4) is 0 Å². The normalized spacial score (nSPS) is 15.1. The van der Waals surface area contributed by atoms with Crippen LogP contribution in [0.2, 0.25) is 0 Å². The molecule has 2 aromatic rings. The fourth-order valence-electron chi connectivity index (χ4n) is 3.25. The Morgan fingerprint density at radius 3 is 2.23 bits per heavy atom. The van der Waals surface area contributed by atoms with Crippen LogP contribution in [0.3, 0.4) is 0 Å². The first kappa shape index (κ1) is 22.1. The molecule has 1 aliphatic heterocycles. The molecule has 0 aromatic heterocycles. The summed E-state index contributed by atoms with van der Waals surface area (Å²) in [5, 5.41) is 0. The lowest BCUT2D eigenvalue weighted by Gasteiger charge is -2.30. The summed E-state index contributed by atoms with van der Waals surface area (Å²) in [6.07, 6.45) is 0.717. The summed E-state index contributed by atoms with van der Waals surface area (Å²) in [5.74, 6) is -0.0933. The Morgan fingerprint density at radius 1 is 1.03 bits per heavy atom. The lowest BCUT2D eigenvalue weighted by Crippen LogP contribution is -2.37. The Hall–Kier alpha value is -2.55. The predicted molar refractivity (Wildman–Crippen MR) is 109 cm³/mol. The molecule has 0 saturated heterocycles. The van der Waals surface area contributed by atoms with Gasteiger partial charge in [-0.1, -0.05) is 45.0 Å². The first-order valence-electron chi connectivity index (χ1n) is 9.39. The van der Waals surface area contributed by atoms with E-state index in [4.69, 9.17) is 0 Å². The lowest BCUT2D eigenvalue weighted by molar-refractivity contribution is -0.0429. The summed E-state index contributed by atoms with van der Waals surface area (Å²) in [7, 11) is -5.46. The van der Waals surface area contributed by atoms with Gasteiger partial charge in [0, 0.05) is 24.3 Å². The molecule has 0 saturated carbocycles. The molecule has 3 rings (SSSR count). The molecule has 0 atom stereocenters. The van der Waals surface area contributed by atoms with E-state index in [2.05, 4.69) is 20.8 Å². The van der Waals surface area contributed by atoms with Crippen LogP contribution in [-0.2, 0) is 28.4 Å². The average Bonchev–Trinajstić information content (AvgIpc) is 2.63. The van der Waals surface area contributed by atoms with E-state index in [9.17, 15) is 26.4 Å². The minimum atomic E-state index is -5.46. The number of hydrogen-bond donors (Lipinski definition) is 1. The summed E-state index contributed by atoms with van der Waals surface area (Å²) in [4.78, 5) is 14.7. The van der Waals surface area contributed by atoms with Gasteiger partial charge in [0.1, 0.15) is 0 Å². The standard InChI is InChI=1S/C21H23F3N2O3S/c1-20(2,3)16-7-6-15-10-11-26(19(27)18(15)12-16)13-14-4-8-17(9-5-14)25-30(28,29)21(22,23)24/h4-9,12,25H,10-11,13H2,1-3H3. The third-order valence-electron chi connectivity index (χ3n) is 5.03. The number of carbonyl (C=O) groups excluding carboxylic acids is 1. The van der Waals surface area contributed by atoms with Crippen LogP contribution in [0.15, 0.2) is 42.5 Å². The van der Waals surface area contributed by atoms with Crippen LogP contribution in [0, 0.1) is 0 Å². The van der Waals surface area contributed by atoms with Crippen molar-refractivity contribution < 1.29 is 26.4 Å². The van der Waals surface area contributed by atoms with E-state index in [-0.39, 0.29) is 23.6 Å². The van der Waals surface area contributed by atoms with Crippen molar-refractivity contribution in [1.29, 1.82) is 0 Å². The molecule has 1 amide bonds. The number of halogens is 3. The van der Waals surface area contributed by atoms with Gasteiger partial charge < -0.3 is 4.90 Å². The van der Waals surface area contributed by atoms with E-state index in [0.29, 0.717) is 17.7 Å². The van der Waals surface area contributed by atoms with Gasteiger partial charge in [0.05, 0.1) is 0 Å². The lowest BCUT2D eigenvalue weighted by atomic mass is 9.84. The number of benzene rings is 2. The largest absolute Gasteiger partial charge is 0.516 e. The van der Waals surface area contributed by atoms with Gasteiger partial charge in [0.15, 0.2) is 0 Å². The summed E-state index contributed by atoms with van der Waals surface area (Å²) >= 11 is 0. The van der Waals surface area contributed by atoms with Crippen molar-refractivity contribution in [2.75, 3.05) is 11.3 Å². The second kappa shape index (κ2) is 7.61. The summed E-state index contributed by atoms with van der Waals surface area (Å²) in [5.41, 5.74) is -2.24. The number of carbonyl (C=O) groups is 1. The number of fused-ring (bicyclic) bond motifs is 1. The van der Waals surface area contributed by atoms with Crippen LogP contribution in [0.1, 0.15) is 47.8 Å². The van der Waals surface area contributed by atoms with Gasteiger partial charge in [-0.05, 0) is 46.7 Å². The van der Waals surface area contributed by atoms with Gasteiger partial charge in [0.2, 0.25) is 0 Å². The number of anilines is 1. The van der Waals surface area contributed by atoms with Crippen molar-refractivity contribution in [3.63, 3.8) is 0 Å². The molecule has 5 nitrogen and oxygen atoms in total. The van der Waals surface area contributed by atoms with Gasteiger partial charge >= 0.3 is 15.5 Å². The monoisotopic (exact) mass is 440 g/mol. The molecule has 0 radical (unpaired) electrons. The fourth-order valence-corrected chi connectivity index (χ4v) is 3.81. The molecule has 162 valence electrons. The summed E-state index contributed by atoms with van der Waals surface area (Å²) < 4.78 is 61.3. The Labute approximate surface area is 173 Å². The van der Waals surface area contributed by atoms with E-state index < -0.39 is 15.5 Å². The molecular weight excluding hydrogens is 417 g/mol. The molecule has 1 heterocycles. The van der Waals surface area contributed by atoms with Crippen LogP contribution < -0.4 is 4.72 Å². The molecule has 30 heavy (non-hydrogen) atoms. The van der Waals surface area contributed by atoms with Crippen molar-refractivity contribution in [3.05, 3.63) is 64.7 Å². The van der Waals surface area contributed by atoms with E-state index in [0.717, 1.165) is 17.5 Å². The molecule has 0 fully saturated rings. The topological polar surface area (TPSA) is 66.5 Å². The smallest absolute Gasteiger partial charge is 0.334 e. The zero-order valence-corrected chi connectivity index (χ0v) is 17.7. The SMILES string of the molecule is CC(C)(C)c1ccc2c(c1)C(=O)N(Cc1ccc(NS(=O)(=O)C(F)(F)F)cc1)CC2. The maximum absolute atomic E-state index is 13.0. The van der Waals surface area contributed by atoms with E-state index in [1.165, 1.54) is 29.0 Å². The molecule has 1 N–H and O–H groups in total. The zero-order valence-electron chi connectivity index (χ0n) is 16.9. The first-order valence-corrected chi connectivity index (χ1v) is 10.9. The Morgan fingerprint density at radius 2 is 1.67 bits per heavy atom. The maximum atomic E-state index is 13.0. The van der Waals surface area contributed by atoms with Gasteiger partial charge in [-0.25, -0.2) is 0 Å². The van der Waals surface area contributed by atoms with Crippen molar-refractivity contribution in [2.45, 2.75) is 44.7 Å². The van der Waals surface area contributed by atoms with Gasteiger partial charge in [-0.3, -0.25) is 9.52 Å². The second-order valence-corrected chi connectivity index (χ2v) is 10.0. The van der Waals surface area contributed by atoms with Crippen LogP contribution in [0.5, 0.6) is 0 Å². The van der Waals surface area contributed by atoms with E-state index in [1.54, 1.807) is 4.90 Å². The average molecular weight is 440 g/mol. The Bertz CT molecular complexity index is 1060. The van der Waals surface area contributed by atoms with Gasteiger partial charge in [-0.2, -0.15) is 21.6 Å². The highest BCUT2D eigenvalue weighted by atomic mass is 32.2. The van der Waals surface area contributed by atoms with Crippen LogP contribution in [0.25, 0.3) is 0 Å². The fraction of sp³-hybridized carbons (Fsp3) is 0.381. The molecule has 0 aliphatic carbocycles. The molecule has 2 aromatic carbocycles. The predicted octanol–water partition coefficient (Wildman–Crippen LogP) is 4.44. The van der Waals surface area contributed by atoms with Crippen molar-refractivity contribution in [1.82, 2.24) is 4.90 Å². The summed E-state index contributed by atoms with van der Waals surface area (Å²) in [6.45, 7) is 7.05. The van der Waals surface area contributed by atoms with Gasteiger partial charge in [0.25, 0.3) is 5.91 Å². The molecule has 1 aliphatic rings. The number of rotatable bonds is 4. The quantitative estimate of drug-likeness (QED) is 0.764. The second-order valence-electron chi connectivity index (χ2n) is 8.35. The minimum Gasteiger partial charge on any atom is -0.334 e. The summed E-state index contributed by atoms with van der Waals surface area (Å²) in [6, 6.07) is 11.5. The number of nitrogens with one attached hydrogen (secondary N) is 1. The van der Waals surface area contributed by atoms with Crippen molar-refractivity contribution >= 4 is 21.6 Å². The number of sulfonamides is 1. The number of hydrogen-bond acceptors (Lipinski definition) is 3. The van der Waals surface area contributed by atoms with Crippen LogP contribution in [-0.4, -0.2) is 31.3 Å². The highest BCUT2D eigenvalue weighted by molar-refractivity contribution is 7.93.